The zero-order valence-electron chi connectivity index (χ0n) is 15.7. The zero-order chi connectivity index (χ0) is 18.2. The van der Waals surface area contributed by atoms with Gasteiger partial charge in [0, 0.05) is 12.6 Å². The van der Waals surface area contributed by atoms with Crippen molar-refractivity contribution >= 4 is 6.03 Å². The smallest absolute Gasteiger partial charge is 0.321 e. The minimum atomic E-state index is -0.448. The highest BCUT2D eigenvalue weighted by Crippen LogP contribution is 2.58. The molecule has 2 amide bonds. The van der Waals surface area contributed by atoms with Crippen LogP contribution in [0.3, 0.4) is 0 Å². The third-order valence-electron chi connectivity index (χ3n) is 7.99. The molecule has 1 aromatic rings. The van der Waals surface area contributed by atoms with Crippen molar-refractivity contribution in [3.63, 3.8) is 0 Å². The Balaban J connectivity index is 1.29. The number of benzene rings is 1. The second-order valence-electron chi connectivity index (χ2n) is 9.88. The molecule has 0 radical (unpaired) electrons. The highest BCUT2D eigenvalue weighted by Gasteiger charge is 2.62. The third kappa shape index (κ3) is 2.34. The quantitative estimate of drug-likeness (QED) is 0.892. The lowest BCUT2D eigenvalue weighted by Gasteiger charge is -2.59. The van der Waals surface area contributed by atoms with E-state index in [9.17, 15) is 9.90 Å². The zero-order valence-corrected chi connectivity index (χ0v) is 15.7. The number of aliphatic hydroxyl groups is 1. The average Bonchev–Trinajstić information content (AvgIpc) is 2.88. The van der Waals surface area contributed by atoms with Crippen molar-refractivity contribution in [3.8, 4) is 0 Å². The van der Waals surface area contributed by atoms with Crippen LogP contribution in [0, 0.1) is 17.8 Å². The summed E-state index contributed by atoms with van der Waals surface area (Å²) in [4.78, 5) is 17.8. The van der Waals surface area contributed by atoms with Gasteiger partial charge in [-0.2, -0.15) is 0 Å². The maximum atomic E-state index is 13.6. The normalized spacial score (nSPS) is 41.4. The highest BCUT2D eigenvalue weighted by atomic mass is 16.5. The van der Waals surface area contributed by atoms with Gasteiger partial charge in [-0.05, 0) is 55.4 Å². The van der Waals surface area contributed by atoms with Crippen LogP contribution < -0.4 is 0 Å². The van der Waals surface area contributed by atoms with E-state index >= 15 is 0 Å². The van der Waals surface area contributed by atoms with Gasteiger partial charge in [0.1, 0.15) is 5.54 Å². The molecular formula is C22H28N2O3. The second-order valence-corrected chi connectivity index (χ2v) is 9.88. The molecule has 4 saturated carbocycles. The highest BCUT2D eigenvalue weighted by molar-refractivity contribution is 5.79. The Bertz CT molecular complexity index is 746. The number of urea groups is 1. The summed E-state index contributed by atoms with van der Waals surface area (Å²) in [5.74, 6) is 1.61. The Kier molecular flexibility index (Phi) is 3.32. The molecule has 2 aliphatic heterocycles. The van der Waals surface area contributed by atoms with Crippen molar-refractivity contribution in [3.05, 3.63) is 35.9 Å². The first-order valence-electron chi connectivity index (χ1n) is 10.5. The van der Waals surface area contributed by atoms with Gasteiger partial charge in [-0.25, -0.2) is 4.79 Å². The number of carbonyl (C=O) groups is 1. The summed E-state index contributed by atoms with van der Waals surface area (Å²) in [6.45, 7) is 2.75. The molecular weight excluding hydrogens is 340 g/mol. The molecule has 2 atom stereocenters. The summed E-state index contributed by atoms with van der Waals surface area (Å²) in [6.07, 6.45) is 5.14. The maximum absolute atomic E-state index is 13.6. The first kappa shape index (κ1) is 16.4. The van der Waals surface area contributed by atoms with Crippen LogP contribution in [-0.4, -0.2) is 57.9 Å². The molecule has 1 N–H and O–H groups in total. The van der Waals surface area contributed by atoms with E-state index in [1.165, 1.54) is 18.4 Å². The van der Waals surface area contributed by atoms with Gasteiger partial charge in [0.05, 0.1) is 25.4 Å². The molecule has 2 unspecified atom stereocenters. The fraction of sp³-hybridized carbons (Fsp3) is 0.682. The molecule has 2 heterocycles. The molecule has 0 aromatic heterocycles. The van der Waals surface area contributed by atoms with Gasteiger partial charge in [-0.3, -0.25) is 0 Å². The van der Waals surface area contributed by atoms with Gasteiger partial charge in [-0.15, -0.1) is 0 Å². The number of amides is 2. The molecule has 5 heteroatoms. The van der Waals surface area contributed by atoms with Crippen LogP contribution >= 0.6 is 0 Å². The summed E-state index contributed by atoms with van der Waals surface area (Å²) >= 11 is 0. The molecule has 4 bridgehead atoms. The Morgan fingerprint density at radius 1 is 1.07 bits per heavy atom. The van der Waals surface area contributed by atoms with Crippen molar-refractivity contribution in [2.45, 2.75) is 55.8 Å². The Labute approximate surface area is 160 Å². The topological polar surface area (TPSA) is 53.0 Å². The first-order chi connectivity index (χ1) is 13.1. The van der Waals surface area contributed by atoms with Crippen molar-refractivity contribution < 1.29 is 14.6 Å². The Hall–Kier alpha value is -1.59. The Morgan fingerprint density at radius 2 is 1.78 bits per heavy atom. The minimum Gasteiger partial charge on any atom is -0.390 e. The van der Waals surface area contributed by atoms with Gasteiger partial charge < -0.3 is 19.6 Å². The summed E-state index contributed by atoms with van der Waals surface area (Å²) in [5, 5.41) is 10.9. The van der Waals surface area contributed by atoms with Crippen molar-refractivity contribution in [1.29, 1.82) is 0 Å². The monoisotopic (exact) mass is 368 g/mol. The number of hydrogen-bond acceptors (Lipinski definition) is 3. The average molecular weight is 368 g/mol. The summed E-state index contributed by atoms with van der Waals surface area (Å²) in [6, 6.07) is 10.8. The van der Waals surface area contributed by atoms with Crippen molar-refractivity contribution in [2.75, 3.05) is 19.8 Å². The van der Waals surface area contributed by atoms with Crippen LogP contribution in [-0.2, 0) is 11.3 Å². The van der Waals surface area contributed by atoms with E-state index in [1.54, 1.807) is 0 Å². The lowest BCUT2D eigenvalue weighted by Crippen LogP contribution is -2.63. The molecule has 1 spiro atoms. The number of ether oxygens (including phenoxy) is 1. The van der Waals surface area contributed by atoms with E-state index < -0.39 is 5.60 Å². The van der Waals surface area contributed by atoms with Crippen LogP contribution in [0.2, 0.25) is 0 Å². The van der Waals surface area contributed by atoms with Gasteiger partial charge in [0.2, 0.25) is 0 Å². The third-order valence-corrected chi connectivity index (χ3v) is 7.99. The van der Waals surface area contributed by atoms with E-state index in [0.29, 0.717) is 43.6 Å². The largest absolute Gasteiger partial charge is 0.390 e. The number of hydrogen-bond donors (Lipinski definition) is 1. The van der Waals surface area contributed by atoms with Crippen LogP contribution in [0.1, 0.15) is 37.7 Å². The van der Waals surface area contributed by atoms with E-state index in [2.05, 4.69) is 21.9 Å². The molecule has 1 aromatic carbocycles. The predicted octanol–water partition coefficient (Wildman–Crippen LogP) is 2.63. The standard InChI is InChI=1S/C22H28N2O3/c25-20-23(19-17-6-16-7-18(19)10-22(26,8-16)9-17)12-21(13-27-14-21)24(20)11-15-4-2-1-3-5-15/h1-5,16-19,26H,6-14H2. The fourth-order valence-electron chi connectivity index (χ4n) is 7.11. The Morgan fingerprint density at radius 3 is 2.37 bits per heavy atom. The second kappa shape index (κ2) is 5.48. The molecule has 7 rings (SSSR count). The van der Waals surface area contributed by atoms with Crippen LogP contribution in [0.5, 0.6) is 0 Å². The molecule has 6 aliphatic rings. The van der Waals surface area contributed by atoms with Gasteiger partial charge in [0.25, 0.3) is 0 Å². The molecule has 27 heavy (non-hydrogen) atoms. The van der Waals surface area contributed by atoms with Gasteiger partial charge in [-0.1, -0.05) is 30.3 Å². The number of nitrogens with zero attached hydrogens (tertiary/aromatic N) is 2. The fourth-order valence-corrected chi connectivity index (χ4v) is 7.11. The van der Waals surface area contributed by atoms with E-state index in [-0.39, 0.29) is 11.6 Å². The SMILES string of the molecule is O=C1N(C2C3CC4CC2CC(O)(C4)C3)CC2(COC2)N1Cc1ccccc1. The predicted molar refractivity (Wildman–Crippen MR) is 99.9 cm³/mol. The summed E-state index contributed by atoms with van der Waals surface area (Å²) < 4.78 is 5.59. The van der Waals surface area contributed by atoms with E-state index in [0.717, 1.165) is 25.8 Å². The molecule has 6 fully saturated rings. The van der Waals surface area contributed by atoms with Crippen molar-refractivity contribution in [1.82, 2.24) is 9.80 Å². The molecule has 5 nitrogen and oxygen atoms in total. The minimum absolute atomic E-state index is 0.154. The molecule has 2 saturated heterocycles. The molecule has 4 aliphatic carbocycles. The van der Waals surface area contributed by atoms with Crippen LogP contribution in [0.4, 0.5) is 4.79 Å². The van der Waals surface area contributed by atoms with Gasteiger partial charge >= 0.3 is 6.03 Å². The molecule has 144 valence electrons. The van der Waals surface area contributed by atoms with E-state index in [1.807, 2.05) is 18.2 Å². The summed E-state index contributed by atoms with van der Waals surface area (Å²) in [7, 11) is 0. The van der Waals surface area contributed by atoms with Crippen LogP contribution in [0.25, 0.3) is 0 Å². The van der Waals surface area contributed by atoms with Crippen LogP contribution in [0.15, 0.2) is 30.3 Å². The number of carbonyl (C=O) groups excluding carboxylic acids is 1. The van der Waals surface area contributed by atoms with Gasteiger partial charge in [0.15, 0.2) is 0 Å². The van der Waals surface area contributed by atoms with E-state index in [4.69, 9.17) is 4.74 Å². The lowest BCUT2D eigenvalue weighted by molar-refractivity contribution is -0.156. The van der Waals surface area contributed by atoms with Crippen molar-refractivity contribution in [2.24, 2.45) is 17.8 Å². The number of rotatable bonds is 3. The lowest BCUT2D eigenvalue weighted by atomic mass is 9.52. The maximum Gasteiger partial charge on any atom is 0.321 e. The first-order valence-corrected chi connectivity index (χ1v) is 10.5. The summed E-state index contributed by atoms with van der Waals surface area (Å²) in [5.41, 5.74) is 0.577.